The molecule has 136 valence electrons. The van der Waals surface area contributed by atoms with Gasteiger partial charge in [0.2, 0.25) is 5.91 Å². The molecule has 1 heterocycles. The zero-order chi connectivity index (χ0) is 18.7. The number of carbonyl (C=O) groups is 2. The van der Waals surface area contributed by atoms with Gasteiger partial charge in [-0.3, -0.25) is 4.79 Å². The molecular formula is C22H25NO3. The first-order chi connectivity index (χ1) is 12.4. The molecule has 3 rings (SSSR count). The molecule has 2 atom stereocenters. The Bertz CT molecular complexity index is 770. The summed E-state index contributed by atoms with van der Waals surface area (Å²) in [6, 6.07) is 19.4. The fourth-order valence-electron chi connectivity index (χ4n) is 3.49. The normalized spacial score (nSPS) is 19.9. The molecule has 0 unspecified atom stereocenters. The average molecular weight is 351 g/mol. The van der Waals surface area contributed by atoms with Gasteiger partial charge in [-0.15, -0.1) is 0 Å². The third kappa shape index (κ3) is 3.79. The minimum atomic E-state index is -0.713. The largest absolute Gasteiger partial charge is 0.441 e. The van der Waals surface area contributed by atoms with Crippen molar-refractivity contribution >= 4 is 12.0 Å². The van der Waals surface area contributed by atoms with Gasteiger partial charge in [0.05, 0.1) is 6.04 Å². The summed E-state index contributed by atoms with van der Waals surface area (Å²) < 4.78 is 5.53. The van der Waals surface area contributed by atoms with Crippen LogP contribution in [0.3, 0.4) is 0 Å². The SMILES string of the molecule is C[C@@H](Cc1ccccc1)C(=O)N1C(=O)OC(C)(C)[C@@H]1Cc1ccccc1. The second kappa shape index (κ2) is 7.32. The van der Waals surface area contributed by atoms with E-state index in [4.69, 9.17) is 4.74 Å². The predicted molar refractivity (Wildman–Crippen MR) is 101 cm³/mol. The fraction of sp³-hybridized carbons (Fsp3) is 0.364. The molecule has 0 bridgehead atoms. The first kappa shape index (κ1) is 18.2. The second-order valence-corrected chi connectivity index (χ2v) is 7.48. The number of hydrogen-bond acceptors (Lipinski definition) is 3. The highest BCUT2D eigenvalue weighted by Crippen LogP contribution is 2.33. The van der Waals surface area contributed by atoms with E-state index in [0.29, 0.717) is 12.8 Å². The molecule has 26 heavy (non-hydrogen) atoms. The van der Waals surface area contributed by atoms with E-state index in [1.165, 1.54) is 4.90 Å². The van der Waals surface area contributed by atoms with Crippen LogP contribution in [0, 0.1) is 5.92 Å². The summed E-state index contributed by atoms with van der Waals surface area (Å²) in [6.07, 6.45) is 0.645. The summed E-state index contributed by atoms with van der Waals surface area (Å²) in [6.45, 7) is 5.61. The Hall–Kier alpha value is -2.62. The summed E-state index contributed by atoms with van der Waals surface area (Å²) in [4.78, 5) is 26.9. The Kier molecular flexibility index (Phi) is 5.12. The van der Waals surface area contributed by atoms with Crippen LogP contribution in [0.5, 0.6) is 0 Å². The molecule has 4 nitrogen and oxygen atoms in total. The molecule has 1 aliphatic heterocycles. The van der Waals surface area contributed by atoms with Gasteiger partial charge >= 0.3 is 6.09 Å². The van der Waals surface area contributed by atoms with E-state index >= 15 is 0 Å². The van der Waals surface area contributed by atoms with Crippen LogP contribution < -0.4 is 0 Å². The van der Waals surface area contributed by atoms with Crippen LogP contribution in [0.25, 0.3) is 0 Å². The minimum Gasteiger partial charge on any atom is -0.441 e. The Morgan fingerprint density at radius 3 is 2.15 bits per heavy atom. The molecule has 2 aromatic rings. The Morgan fingerprint density at radius 1 is 1.04 bits per heavy atom. The van der Waals surface area contributed by atoms with E-state index in [1.54, 1.807) is 0 Å². The van der Waals surface area contributed by atoms with Gasteiger partial charge in [-0.05, 0) is 37.8 Å². The van der Waals surface area contributed by atoms with Gasteiger partial charge in [-0.2, -0.15) is 0 Å². The molecule has 0 saturated carbocycles. The monoisotopic (exact) mass is 351 g/mol. The second-order valence-electron chi connectivity index (χ2n) is 7.48. The van der Waals surface area contributed by atoms with Gasteiger partial charge in [-0.1, -0.05) is 67.6 Å². The molecule has 0 N–H and O–H groups in total. The summed E-state index contributed by atoms with van der Waals surface area (Å²) in [5.74, 6) is -0.470. The van der Waals surface area contributed by atoms with Crippen LogP contribution in [0.1, 0.15) is 31.9 Å². The van der Waals surface area contributed by atoms with Crippen molar-refractivity contribution in [3.8, 4) is 0 Å². The first-order valence-corrected chi connectivity index (χ1v) is 9.02. The van der Waals surface area contributed by atoms with E-state index in [0.717, 1.165) is 11.1 Å². The summed E-state index contributed by atoms with van der Waals surface area (Å²) in [7, 11) is 0. The highest BCUT2D eigenvalue weighted by atomic mass is 16.6. The van der Waals surface area contributed by atoms with E-state index in [1.807, 2.05) is 81.4 Å². The third-order valence-electron chi connectivity index (χ3n) is 4.98. The van der Waals surface area contributed by atoms with Gasteiger partial charge in [0.1, 0.15) is 5.60 Å². The minimum absolute atomic E-state index is 0.176. The van der Waals surface area contributed by atoms with E-state index in [2.05, 4.69) is 0 Å². The lowest BCUT2D eigenvalue weighted by molar-refractivity contribution is -0.133. The Labute approximate surface area is 154 Å². The molecule has 0 spiro atoms. The van der Waals surface area contributed by atoms with Gasteiger partial charge in [0.25, 0.3) is 0 Å². The van der Waals surface area contributed by atoms with Crippen LogP contribution in [0.15, 0.2) is 60.7 Å². The molecule has 0 radical (unpaired) electrons. The third-order valence-corrected chi connectivity index (χ3v) is 4.98. The van der Waals surface area contributed by atoms with Crippen LogP contribution in [0.4, 0.5) is 4.79 Å². The lowest BCUT2D eigenvalue weighted by atomic mass is 9.91. The van der Waals surface area contributed by atoms with Crippen molar-refractivity contribution in [2.45, 2.75) is 45.3 Å². The number of ether oxygens (including phenoxy) is 1. The summed E-state index contributed by atoms with van der Waals surface area (Å²) in [5, 5.41) is 0. The summed E-state index contributed by atoms with van der Waals surface area (Å²) in [5.41, 5.74) is 1.45. The van der Waals surface area contributed by atoms with Crippen LogP contribution in [0.2, 0.25) is 0 Å². The average Bonchev–Trinajstić information content (AvgIpc) is 2.84. The van der Waals surface area contributed by atoms with Crippen LogP contribution in [-0.4, -0.2) is 28.5 Å². The van der Waals surface area contributed by atoms with Crippen molar-refractivity contribution in [1.29, 1.82) is 0 Å². The Balaban J connectivity index is 1.80. The molecular weight excluding hydrogens is 326 g/mol. The van der Waals surface area contributed by atoms with Crippen LogP contribution >= 0.6 is 0 Å². The van der Waals surface area contributed by atoms with E-state index < -0.39 is 11.7 Å². The Morgan fingerprint density at radius 2 is 1.58 bits per heavy atom. The van der Waals surface area contributed by atoms with E-state index in [-0.39, 0.29) is 17.9 Å². The van der Waals surface area contributed by atoms with Gasteiger partial charge < -0.3 is 4.74 Å². The van der Waals surface area contributed by atoms with Crippen molar-refractivity contribution in [3.63, 3.8) is 0 Å². The molecule has 1 aliphatic rings. The number of hydrogen-bond donors (Lipinski definition) is 0. The van der Waals surface area contributed by atoms with Gasteiger partial charge in [0, 0.05) is 5.92 Å². The molecule has 2 aromatic carbocycles. The number of carbonyl (C=O) groups excluding carboxylic acids is 2. The van der Waals surface area contributed by atoms with Crippen LogP contribution in [-0.2, 0) is 22.4 Å². The maximum absolute atomic E-state index is 13.1. The number of benzene rings is 2. The number of amides is 2. The molecule has 2 amide bonds. The molecule has 1 fully saturated rings. The van der Waals surface area contributed by atoms with E-state index in [9.17, 15) is 9.59 Å². The zero-order valence-electron chi connectivity index (χ0n) is 15.5. The quantitative estimate of drug-likeness (QED) is 0.810. The molecule has 1 saturated heterocycles. The number of cyclic esters (lactones) is 1. The number of nitrogens with zero attached hydrogens (tertiary/aromatic N) is 1. The highest BCUT2D eigenvalue weighted by Gasteiger charge is 2.51. The molecule has 0 aliphatic carbocycles. The topological polar surface area (TPSA) is 46.6 Å². The summed E-state index contributed by atoms with van der Waals surface area (Å²) >= 11 is 0. The molecule has 4 heteroatoms. The van der Waals surface area contributed by atoms with Crippen molar-refractivity contribution in [2.75, 3.05) is 0 Å². The van der Waals surface area contributed by atoms with Gasteiger partial charge in [-0.25, -0.2) is 9.69 Å². The maximum atomic E-state index is 13.1. The van der Waals surface area contributed by atoms with Gasteiger partial charge in [0.15, 0.2) is 0 Å². The number of rotatable bonds is 5. The van der Waals surface area contributed by atoms with Crippen molar-refractivity contribution in [1.82, 2.24) is 4.90 Å². The number of imide groups is 1. The lowest BCUT2D eigenvalue weighted by Crippen LogP contribution is -2.48. The van der Waals surface area contributed by atoms with Crippen molar-refractivity contribution in [2.24, 2.45) is 5.92 Å². The maximum Gasteiger partial charge on any atom is 0.417 e. The van der Waals surface area contributed by atoms with Crippen molar-refractivity contribution in [3.05, 3.63) is 71.8 Å². The zero-order valence-corrected chi connectivity index (χ0v) is 15.5. The lowest BCUT2D eigenvalue weighted by Gasteiger charge is -2.29. The molecule has 0 aromatic heterocycles. The highest BCUT2D eigenvalue weighted by molar-refractivity contribution is 5.95. The predicted octanol–water partition coefficient (Wildman–Crippen LogP) is 4.23. The first-order valence-electron chi connectivity index (χ1n) is 9.02. The fourth-order valence-corrected chi connectivity index (χ4v) is 3.49. The smallest absolute Gasteiger partial charge is 0.417 e. The standard InChI is InChI=1S/C22H25NO3/c1-16(14-17-10-6-4-7-11-17)20(24)23-19(22(2,3)26-21(23)25)15-18-12-8-5-9-13-18/h4-13,16,19H,14-15H2,1-3H3/t16-,19-/m0/s1. The van der Waals surface area contributed by atoms with Crippen molar-refractivity contribution < 1.29 is 14.3 Å².